The average molecular weight is 394 g/mol. The standard InChI is InChI=1S/C24H18N4O2/c1-29-19-9-5-4-8-17(19)20-18(13-25)23(26)30-24-21(20)22(27-28-24)16-11-10-14-6-2-3-7-15(14)12-16/h2-12,20H,26H2,1H3,(H,27,28)/t20-/m1/s1. The molecule has 0 bridgehead atoms. The third kappa shape index (κ3) is 2.68. The van der Waals surface area contributed by atoms with E-state index in [0.717, 1.165) is 33.2 Å². The Morgan fingerprint density at radius 3 is 2.63 bits per heavy atom. The molecule has 6 heteroatoms. The zero-order chi connectivity index (χ0) is 20.7. The summed E-state index contributed by atoms with van der Waals surface area (Å²) in [6.45, 7) is 0. The fraction of sp³-hybridized carbons (Fsp3) is 0.0833. The fourth-order valence-electron chi connectivity index (χ4n) is 4.03. The summed E-state index contributed by atoms with van der Waals surface area (Å²) in [6.07, 6.45) is 0. The van der Waals surface area contributed by atoms with E-state index in [0.29, 0.717) is 17.2 Å². The predicted octanol–water partition coefficient (Wildman–Crippen LogP) is 4.46. The predicted molar refractivity (Wildman–Crippen MR) is 114 cm³/mol. The van der Waals surface area contributed by atoms with Crippen molar-refractivity contribution < 1.29 is 9.47 Å². The minimum Gasteiger partial charge on any atom is -0.496 e. The first-order valence-electron chi connectivity index (χ1n) is 9.49. The van der Waals surface area contributed by atoms with Gasteiger partial charge in [-0.1, -0.05) is 54.6 Å². The van der Waals surface area contributed by atoms with Gasteiger partial charge in [-0.2, -0.15) is 5.26 Å². The first-order chi connectivity index (χ1) is 14.7. The van der Waals surface area contributed by atoms with Crippen molar-refractivity contribution in [1.82, 2.24) is 10.2 Å². The molecule has 0 unspecified atom stereocenters. The van der Waals surface area contributed by atoms with Gasteiger partial charge in [-0.25, -0.2) is 0 Å². The van der Waals surface area contributed by atoms with E-state index in [1.807, 2.05) is 42.5 Å². The third-order valence-corrected chi connectivity index (χ3v) is 5.43. The number of hydrogen-bond donors (Lipinski definition) is 2. The molecule has 146 valence electrons. The van der Waals surface area contributed by atoms with Crippen molar-refractivity contribution in [3.8, 4) is 29.0 Å². The maximum atomic E-state index is 9.88. The van der Waals surface area contributed by atoms with Gasteiger partial charge in [0.2, 0.25) is 11.8 Å². The van der Waals surface area contributed by atoms with Crippen LogP contribution in [0.1, 0.15) is 17.0 Å². The number of aromatic amines is 1. The highest BCUT2D eigenvalue weighted by molar-refractivity contribution is 5.87. The third-order valence-electron chi connectivity index (χ3n) is 5.43. The summed E-state index contributed by atoms with van der Waals surface area (Å²) in [5.41, 5.74) is 9.74. The number of para-hydroxylation sites is 1. The van der Waals surface area contributed by atoms with Gasteiger partial charge in [0.1, 0.15) is 17.4 Å². The minimum atomic E-state index is -0.463. The SMILES string of the molecule is COc1ccccc1[C@@H]1C(C#N)=C(N)Oc2n[nH]c(-c3ccc4ccccc4c3)c21. The van der Waals surface area contributed by atoms with Gasteiger partial charge >= 0.3 is 0 Å². The number of methoxy groups -OCH3 is 1. The Hall–Kier alpha value is -4.24. The van der Waals surface area contributed by atoms with Gasteiger partial charge < -0.3 is 15.2 Å². The molecule has 1 aromatic heterocycles. The van der Waals surface area contributed by atoms with Crippen LogP contribution in [0.3, 0.4) is 0 Å². The quantitative estimate of drug-likeness (QED) is 0.535. The van der Waals surface area contributed by atoms with E-state index in [1.54, 1.807) is 7.11 Å². The Labute approximate surface area is 173 Å². The Kier molecular flexibility index (Phi) is 4.15. The van der Waals surface area contributed by atoms with Crippen molar-refractivity contribution in [2.45, 2.75) is 5.92 Å². The number of benzene rings is 3. The van der Waals surface area contributed by atoms with Crippen molar-refractivity contribution in [3.05, 3.63) is 89.3 Å². The summed E-state index contributed by atoms with van der Waals surface area (Å²) in [5.74, 6) is 0.625. The molecule has 2 heterocycles. The molecule has 0 saturated heterocycles. The van der Waals surface area contributed by atoms with Crippen LogP contribution in [0.5, 0.6) is 11.6 Å². The van der Waals surface area contributed by atoms with Gasteiger partial charge in [0.25, 0.3) is 0 Å². The van der Waals surface area contributed by atoms with E-state index in [-0.39, 0.29) is 5.88 Å². The molecular formula is C24H18N4O2. The number of fused-ring (bicyclic) bond motifs is 2. The van der Waals surface area contributed by atoms with Crippen LogP contribution in [0.15, 0.2) is 78.2 Å². The second-order valence-electron chi connectivity index (χ2n) is 7.05. The Morgan fingerprint density at radius 2 is 1.83 bits per heavy atom. The molecule has 0 spiro atoms. The fourth-order valence-corrected chi connectivity index (χ4v) is 4.03. The highest BCUT2D eigenvalue weighted by atomic mass is 16.5. The number of ether oxygens (including phenoxy) is 2. The normalized spacial score (nSPS) is 15.4. The molecular weight excluding hydrogens is 376 g/mol. The lowest BCUT2D eigenvalue weighted by Crippen LogP contribution is -2.21. The minimum absolute atomic E-state index is 0.0532. The van der Waals surface area contributed by atoms with Crippen LogP contribution < -0.4 is 15.2 Å². The van der Waals surface area contributed by atoms with Gasteiger partial charge in [-0.05, 0) is 22.9 Å². The number of nitrogens with two attached hydrogens (primary N) is 1. The molecule has 0 saturated carbocycles. The Balaban J connectivity index is 1.75. The summed E-state index contributed by atoms with van der Waals surface area (Å²) < 4.78 is 11.3. The van der Waals surface area contributed by atoms with E-state index in [4.69, 9.17) is 15.2 Å². The molecule has 3 N–H and O–H groups in total. The summed E-state index contributed by atoms with van der Waals surface area (Å²) in [5, 5.41) is 19.6. The molecule has 0 fully saturated rings. The summed E-state index contributed by atoms with van der Waals surface area (Å²) >= 11 is 0. The molecule has 1 atom stereocenters. The zero-order valence-corrected chi connectivity index (χ0v) is 16.2. The van der Waals surface area contributed by atoms with Crippen LogP contribution >= 0.6 is 0 Å². The lowest BCUT2D eigenvalue weighted by atomic mass is 9.82. The molecule has 0 aliphatic carbocycles. The average Bonchev–Trinajstić information content (AvgIpc) is 3.21. The van der Waals surface area contributed by atoms with Crippen LogP contribution in [-0.2, 0) is 0 Å². The van der Waals surface area contributed by atoms with Crippen molar-refractivity contribution in [3.63, 3.8) is 0 Å². The lowest BCUT2D eigenvalue weighted by molar-refractivity contribution is 0.375. The molecule has 3 aromatic carbocycles. The molecule has 30 heavy (non-hydrogen) atoms. The highest BCUT2D eigenvalue weighted by Gasteiger charge is 2.37. The van der Waals surface area contributed by atoms with Crippen LogP contribution in [-0.4, -0.2) is 17.3 Å². The van der Waals surface area contributed by atoms with Crippen LogP contribution in [0.4, 0.5) is 0 Å². The van der Waals surface area contributed by atoms with Crippen LogP contribution in [0, 0.1) is 11.3 Å². The first-order valence-corrected chi connectivity index (χ1v) is 9.49. The number of rotatable bonds is 3. The summed E-state index contributed by atoms with van der Waals surface area (Å²) in [6, 6.07) is 24.2. The van der Waals surface area contributed by atoms with Gasteiger partial charge in [-0.15, -0.1) is 5.10 Å². The number of aromatic nitrogens is 2. The van der Waals surface area contributed by atoms with Crippen LogP contribution in [0.2, 0.25) is 0 Å². The molecule has 0 radical (unpaired) electrons. The number of nitrogens with zero attached hydrogens (tertiary/aromatic N) is 2. The van der Waals surface area contributed by atoms with Crippen molar-refractivity contribution in [2.75, 3.05) is 7.11 Å². The second-order valence-corrected chi connectivity index (χ2v) is 7.05. The number of nitriles is 1. The number of hydrogen-bond acceptors (Lipinski definition) is 5. The first kappa shape index (κ1) is 17.8. The maximum Gasteiger partial charge on any atom is 0.244 e. The van der Waals surface area contributed by atoms with E-state index < -0.39 is 5.92 Å². The molecule has 6 nitrogen and oxygen atoms in total. The van der Waals surface area contributed by atoms with E-state index >= 15 is 0 Å². The maximum absolute atomic E-state index is 9.88. The van der Waals surface area contributed by atoms with Gasteiger partial charge in [0.05, 0.1) is 24.3 Å². The smallest absolute Gasteiger partial charge is 0.244 e. The number of H-pyrrole nitrogens is 1. The van der Waals surface area contributed by atoms with Gasteiger partial charge in [0.15, 0.2) is 0 Å². The molecule has 1 aliphatic rings. The molecule has 4 aromatic rings. The van der Waals surface area contributed by atoms with Gasteiger partial charge in [-0.3, -0.25) is 5.10 Å². The van der Waals surface area contributed by atoms with Crippen molar-refractivity contribution in [2.24, 2.45) is 5.73 Å². The molecule has 0 amide bonds. The number of nitrogens with one attached hydrogen (secondary N) is 1. The highest BCUT2D eigenvalue weighted by Crippen LogP contribution is 2.47. The zero-order valence-electron chi connectivity index (χ0n) is 16.2. The number of allylic oxidation sites excluding steroid dienone is 1. The second kappa shape index (κ2) is 6.98. The monoisotopic (exact) mass is 394 g/mol. The van der Waals surface area contributed by atoms with E-state index in [9.17, 15) is 5.26 Å². The van der Waals surface area contributed by atoms with Gasteiger partial charge in [0, 0.05) is 11.1 Å². The largest absolute Gasteiger partial charge is 0.496 e. The Morgan fingerprint density at radius 1 is 1.07 bits per heavy atom. The van der Waals surface area contributed by atoms with Crippen LogP contribution in [0.25, 0.3) is 22.0 Å². The van der Waals surface area contributed by atoms with E-state index in [1.165, 1.54) is 0 Å². The summed E-state index contributed by atoms with van der Waals surface area (Å²) in [4.78, 5) is 0. The lowest BCUT2D eigenvalue weighted by Gasteiger charge is -2.25. The Bertz CT molecular complexity index is 1350. The molecule has 5 rings (SSSR count). The summed E-state index contributed by atoms with van der Waals surface area (Å²) in [7, 11) is 1.61. The van der Waals surface area contributed by atoms with Crippen molar-refractivity contribution in [1.29, 1.82) is 5.26 Å². The van der Waals surface area contributed by atoms with E-state index in [2.05, 4.69) is 40.5 Å². The molecule has 1 aliphatic heterocycles. The topological polar surface area (TPSA) is 96.9 Å². The van der Waals surface area contributed by atoms with Crippen molar-refractivity contribution >= 4 is 10.8 Å².